The third kappa shape index (κ3) is 4.55. The molecule has 8 rings (SSSR count). The van der Waals surface area contributed by atoms with Crippen molar-refractivity contribution >= 4 is 36.1 Å². The van der Waals surface area contributed by atoms with Gasteiger partial charge in [-0.2, -0.15) is 0 Å². The third-order valence-electron chi connectivity index (χ3n) is 10.4. The number of nitrogens with one attached hydrogen (secondary N) is 2. The first kappa shape index (κ1) is 31.7. The van der Waals surface area contributed by atoms with Gasteiger partial charge in [-0.25, -0.2) is 0 Å². The van der Waals surface area contributed by atoms with E-state index in [0.717, 1.165) is 64.4 Å². The van der Waals surface area contributed by atoms with Crippen LogP contribution in [0.2, 0.25) is 0 Å². The van der Waals surface area contributed by atoms with Gasteiger partial charge in [-0.1, -0.05) is 0 Å². The van der Waals surface area contributed by atoms with Crippen molar-refractivity contribution in [2.75, 3.05) is 55.7 Å². The fourth-order valence-corrected chi connectivity index (χ4v) is 8.11. The summed E-state index contributed by atoms with van der Waals surface area (Å²) in [5.41, 5.74) is 6.24. The van der Waals surface area contributed by atoms with Crippen LogP contribution in [-0.4, -0.2) is 67.3 Å². The van der Waals surface area contributed by atoms with E-state index in [1.165, 1.54) is 14.2 Å². The maximum Gasteiger partial charge on any atom is 0.228 e. The van der Waals surface area contributed by atoms with E-state index in [4.69, 9.17) is 28.4 Å². The Kier molecular flexibility index (Phi) is 7.65. The number of benzene rings is 2. The number of fused-ring (bicyclic) bond motifs is 6. The van der Waals surface area contributed by atoms with E-state index in [2.05, 4.69) is 24.6 Å². The number of rotatable bonds is 7. The standard InChI is InChI=1S/C40H36N2O8/c1-45-31-9-7-21-15-29-25-17-33(47-3)37(43)35(23(25)11-13-41(29)19-27(21)39(31)49-5)36-24-12-14-42-20-28-22(8-10-32(46-2)40(28)50-6)16-30(42)26(24)18-34(48-4)38(36)44/h7-10,15-20H,11-14H2,1-6H3/p+2. The average molecular weight is 675 g/mol. The van der Waals surface area contributed by atoms with Gasteiger partial charge in [-0.3, -0.25) is 19.4 Å². The number of hydrogen-bond acceptors (Lipinski definition) is 8. The lowest BCUT2D eigenvalue weighted by Gasteiger charge is -2.34. The fraction of sp³-hybridized carbons (Fsp3) is 0.250. The topological polar surface area (TPSA) is 98.4 Å². The molecule has 254 valence electrons. The van der Waals surface area contributed by atoms with Crippen molar-refractivity contribution in [1.82, 2.24) is 0 Å². The summed E-state index contributed by atoms with van der Waals surface area (Å²) in [6.07, 6.45) is 13.3. The van der Waals surface area contributed by atoms with Gasteiger partial charge < -0.3 is 28.4 Å². The van der Waals surface area contributed by atoms with E-state index in [0.29, 0.717) is 60.1 Å². The summed E-state index contributed by atoms with van der Waals surface area (Å²) in [7, 11) is 9.54. The molecule has 2 aromatic rings. The molecule has 2 aliphatic carbocycles. The third-order valence-corrected chi connectivity index (χ3v) is 10.4. The molecule has 2 atom stereocenters. The minimum absolute atomic E-state index is 0.193. The fourth-order valence-electron chi connectivity index (χ4n) is 8.11. The van der Waals surface area contributed by atoms with E-state index in [1.54, 1.807) is 28.4 Å². The summed E-state index contributed by atoms with van der Waals surface area (Å²) in [5, 5.41) is 3.85. The molecule has 0 bridgehead atoms. The van der Waals surface area contributed by atoms with Gasteiger partial charge in [-0.05, 0) is 58.0 Å². The van der Waals surface area contributed by atoms with E-state index in [-0.39, 0.29) is 23.1 Å². The maximum atomic E-state index is 14.4. The first-order chi connectivity index (χ1) is 24.3. The zero-order valence-corrected chi connectivity index (χ0v) is 28.9. The summed E-state index contributed by atoms with van der Waals surface area (Å²) < 4.78 is 34.1. The van der Waals surface area contributed by atoms with Crippen LogP contribution in [0.1, 0.15) is 12.8 Å². The molecule has 4 aliphatic heterocycles. The quantitative estimate of drug-likeness (QED) is 0.402. The average Bonchev–Trinajstić information content (AvgIpc) is 3.15. The van der Waals surface area contributed by atoms with E-state index in [1.807, 2.05) is 36.4 Å². The molecule has 0 saturated carbocycles. The highest BCUT2D eigenvalue weighted by Gasteiger charge is 2.43. The van der Waals surface area contributed by atoms with Crippen LogP contribution in [0.25, 0.3) is 24.6 Å². The smallest absolute Gasteiger partial charge is 0.228 e. The second-order valence-corrected chi connectivity index (χ2v) is 12.7. The lowest BCUT2D eigenvalue weighted by Crippen LogP contribution is -3.07. The Morgan fingerprint density at radius 1 is 0.520 bits per heavy atom. The Morgan fingerprint density at radius 2 is 0.940 bits per heavy atom. The van der Waals surface area contributed by atoms with E-state index >= 15 is 0 Å². The van der Waals surface area contributed by atoms with Crippen molar-refractivity contribution in [2.45, 2.75) is 12.8 Å². The van der Waals surface area contributed by atoms with Crippen molar-refractivity contribution in [1.29, 1.82) is 0 Å². The zero-order valence-electron chi connectivity index (χ0n) is 28.9. The molecule has 0 spiro atoms. The number of Topliss-reactive ketones (excluding diaryl/α,β-unsaturated/α-hetero) is 2. The molecule has 2 N–H and O–H groups in total. The Hall–Kier alpha value is -5.58. The number of ether oxygens (including phenoxy) is 6. The number of carbonyl (C=O) groups is 2. The van der Waals surface area contributed by atoms with Crippen LogP contribution < -0.4 is 49.6 Å². The van der Waals surface area contributed by atoms with E-state index < -0.39 is 0 Å². The van der Waals surface area contributed by atoms with Crippen LogP contribution in [0.5, 0.6) is 23.0 Å². The van der Waals surface area contributed by atoms with Gasteiger partial charge >= 0.3 is 0 Å². The summed E-state index contributed by atoms with van der Waals surface area (Å²) in [5.74, 6) is 2.47. The van der Waals surface area contributed by atoms with Gasteiger partial charge in [0.15, 0.2) is 34.5 Å². The molecule has 0 amide bonds. The van der Waals surface area contributed by atoms with Gasteiger partial charge in [0.25, 0.3) is 0 Å². The molecule has 0 fully saturated rings. The molecule has 10 heteroatoms. The molecule has 0 radical (unpaired) electrons. The number of carbonyl (C=O) groups excluding carboxylic acids is 2. The minimum atomic E-state index is -0.296. The van der Waals surface area contributed by atoms with Crippen LogP contribution in [0.15, 0.2) is 92.8 Å². The number of allylic oxidation sites excluding steroid dienone is 8. The first-order valence-corrected chi connectivity index (χ1v) is 16.5. The molecule has 2 aromatic carbocycles. The predicted molar refractivity (Wildman–Crippen MR) is 185 cm³/mol. The normalized spacial score (nSPS) is 21.7. The summed E-state index contributed by atoms with van der Waals surface area (Å²) in [6.45, 7) is 1.36. The Morgan fingerprint density at radius 3 is 1.30 bits per heavy atom. The molecule has 10 nitrogen and oxygen atoms in total. The highest BCUT2D eigenvalue weighted by molar-refractivity contribution is 6.24. The number of ketones is 2. The maximum absolute atomic E-state index is 14.4. The second kappa shape index (κ2) is 12.1. The molecule has 0 aromatic heterocycles. The van der Waals surface area contributed by atoms with Gasteiger partial charge in [0, 0.05) is 47.3 Å². The summed E-state index contributed by atoms with van der Waals surface area (Å²) >= 11 is 0. The van der Waals surface area contributed by atoms with Crippen molar-refractivity contribution in [2.24, 2.45) is 0 Å². The number of methoxy groups -OCH3 is 6. The molecule has 0 saturated heterocycles. The Labute approximate surface area is 288 Å². The van der Waals surface area contributed by atoms with Gasteiger partial charge in [0.2, 0.25) is 11.6 Å². The van der Waals surface area contributed by atoms with Crippen LogP contribution in [0.3, 0.4) is 0 Å². The molecular formula is C40H38N2O8+2. The van der Waals surface area contributed by atoms with Crippen molar-refractivity contribution in [3.63, 3.8) is 0 Å². The summed E-state index contributed by atoms with van der Waals surface area (Å²) in [6, 6.07) is 7.80. The van der Waals surface area contributed by atoms with Gasteiger partial charge in [0.05, 0.1) is 66.2 Å². The molecular weight excluding hydrogens is 636 g/mol. The van der Waals surface area contributed by atoms with E-state index in [9.17, 15) is 9.59 Å². The predicted octanol–water partition coefficient (Wildman–Crippen LogP) is -0.610. The van der Waals surface area contributed by atoms with Gasteiger partial charge in [-0.15, -0.1) is 0 Å². The van der Waals surface area contributed by atoms with Crippen LogP contribution in [0.4, 0.5) is 0 Å². The van der Waals surface area contributed by atoms with Gasteiger partial charge in [0.1, 0.15) is 23.8 Å². The highest BCUT2D eigenvalue weighted by atomic mass is 16.5. The molecule has 6 aliphatic rings. The van der Waals surface area contributed by atoms with Crippen molar-refractivity contribution in [3.05, 3.63) is 114 Å². The van der Waals surface area contributed by atoms with Crippen molar-refractivity contribution in [3.8, 4) is 23.0 Å². The lowest BCUT2D eigenvalue weighted by molar-refractivity contribution is -0.772. The molecule has 2 unspecified atom stereocenters. The largest absolute Gasteiger partial charge is 0.493 e. The number of hydrogen-bond donors (Lipinski definition) is 2. The minimum Gasteiger partial charge on any atom is -0.493 e. The highest BCUT2D eigenvalue weighted by Crippen LogP contribution is 2.42. The van der Waals surface area contributed by atoms with Crippen LogP contribution in [-0.2, 0) is 19.1 Å². The molecule has 50 heavy (non-hydrogen) atoms. The zero-order chi connectivity index (χ0) is 34.8. The van der Waals surface area contributed by atoms with Crippen molar-refractivity contribution < 1.29 is 47.8 Å². The first-order valence-electron chi connectivity index (χ1n) is 16.5. The Balaban J connectivity index is 1.37. The SMILES string of the molecule is COC1=CC2=C3C=c4ccc(OC)c(OC)c4=C[NH+]3CCC2=C(C2=C3CC[NH+]4C=c5c(OC)c(OC)ccc5=CC4=C3C=C(OC)C2=O)C1=O. The van der Waals surface area contributed by atoms with Crippen LogP contribution >= 0.6 is 0 Å². The Bertz CT molecular complexity index is 2220. The lowest BCUT2D eigenvalue weighted by atomic mass is 9.74. The van der Waals surface area contributed by atoms with Crippen LogP contribution in [0, 0.1) is 0 Å². The number of quaternary nitrogens is 2. The summed E-state index contributed by atoms with van der Waals surface area (Å²) in [4.78, 5) is 31.0. The second-order valence-electron chi connectivity index (χ2n) is 12.7. The molecule has 4 heterocycles. The monoisotopic (exact) mass is 674 g/mol.